The number of aliphatic hydroxyl groups excluding tert-OH is 1. The lowest BCUT2D eigenvalue weighted by Gasteiger charge is -2.28. The molecule has 18 nitrogen and oxygen atoms in total. The van der Waals surface area contributed by atoms with Crippen LogP contribution in [-0.2, 0) is 49.5 Å². The Kier molecular flexibility index (Phi) is 19.3. The lowest BCUT2D eigenvalue weighted by Crippen LogP contribution is -2.55. The first kappa shape index (κ1) is 45.0. The van der Waals surface area contributed by atoms with Gasteiger partial charge >= 0.3 is 0 Å². The Hall–Kier alpha value is -4.20. The normalized spacial score (nSPS) is 16.2. The number of Topliss-reactive ketones (excluding diaryl/α,β-unsaturated/α-hetero) is 2. The van der Waals surface area contributed by atoms with Crippen LogP contribution in [0.15, 0.2) is 12.5 Å². The number of rotatable bonds is 27. The molecule has 6 amide bonds. The van der Waals surface area contributed by atoms with Crippen LogP contribution in [0.25, 0.3) is 0 Å². The fourth-order valence-electron chi connectivity index (χ4n) is 5.45. The highest BCUT2D eigenvalue weighted by Crippen LogP contribution is 2.26. The van der Waals surface area contributed by atoms with Crippen molar-refractivity contribution in [2.45, 2.75) is 88.5 Å². The maximum Gasteiger partial charge on any atom is 0.242 e. The highest BCUT2D eigenvalue weighted by molar-refractivity contribution is 8.00. The maximum absolute atomic E-state index is 13.4. The largest absolute Gasteiger partial charge is 0.396 e. The Labute approximate surface area is 313 Å². The second kappa shape index (κ2) is 22.8. The number of imidazole rings is 1. The van der Waals surface area contributed by atoms with Gasteiger partial charge in [-0.05, 0) is 26.7 Å². The van der Waals surface area contributed by atoms with Crippen LogP contribution in [0, 0.1) is 11.8 Å². The Morgan fingerprint density at radius 1 is 1.08 bits per heavy atom. The highest BCUT2D eigenvalue weighted by Gasteiger charge is 2.39. The van der Waals surface area contributed by atoms with Crippen molar-refractivity contribution in [2.24, 2.45) is 23.3 Å². The number of hydrogen-bond donors (Lipinski definition) is 7. The van der Waals surface area contributed by atoms with Gasteiger partial charge in [0, 0.05) is 88.8 Å². The van der Waals surface area contributed by atoms with E-state index in [1.165, 1.54) is 45.2 Å². The smallest absolute Gasteiger partial charge is 0.242 e. The Balaban J connectivity index is 1.82. The molecule has 53 heavy (non-hydrogen) atoms. The summed E-state index contributed by atoms with van der Waals surface area (Å²) in [5.74, 6) is -5.22. The topological polar surface area (TPSA) is 286 Å². The lowest BCUT2D eigenvalue weighted by molar-refractivity contribution is -0.138. The quantitative estimate of drug-likeness (QED) is 0.0397. The van der Waals surface area contributed by atoms with Gasteiger partial charge in [-0.1, -0.05) is 6.42 Å². The molecule has 2 rings (SSSR count). The zero-order chi connectivity index (χ0) is 39.6. The molecule has 0 spiro atoms. The molecule has 1 aliphatic rings. The van der Waals surface area contributed by atoms with Crippen LogP contribution in [0.4, 0.5) is 0 Å². The van der Waals surface area contributed by atoms with Crippen LogP contribution >= 0.6 is 11.8 Å². The summed E-state index contributed by atoms with van der Waals surface area (Å²) in [6.07, 6.45) is 3.78. The molecule has 2 heterocycles. The molecule has 4 atom stereocenters. The van der Waals surface area contributed by atoms with Crippen LogP contribution in [-0.4, -0.2) is 130 Å². The molecule has 0 bridgehead atoms. The van der Waals surface area contributed by atoms with Gasteiger partial charge in [0.1, 0.15) is 5.78 Å². The van der Waals surface area contributed by atoms with Gasteiger partial charge < -0.3 is 42.2 Å². The number of aromatic nitrogens is 2. The van der Waals surface area contributed by atoms with Gasteiger partial charge in [-0.3, -0.25) is 43.3 Å². The fourth-order valence-corrected chi connectivity index (χ4v) is 6.57. The van der Waals surface area contributed by atoms with Crippen LogP contribution < -0.4 is 27.4 Å². The molecule has 1 fully saturated rings. The standard InChI is InChI=1S/C34H54N8O10S/c1-34(2,41-32(50)24(35)16-23-18-37-20-40-23)27(45)15-21(25(44)14-22(19-43)31(36)49)6-4-5-9-38-29(47)8-13-53-26-17-30(48)42(33(26)51)11-7-28(46)39-10-12-52-3/h18,20-22,24,26,43H,4-17,19,35H2,1-3H3,(H2,36,49)(H,37,40)(H,38,47)(H,39,46)(H,41,50)/t21-,22+,24+,26?/m1/s1. The van der Waals surface area contributed by atoms with E-state index in [-0.39, 0.29) is 81.7 Å². The number of hydrogen-bond acceptors (Lipinski definition) is 13. The maximum atomic E-state index is 13.4. The lowest BCUT2D eigenvalue weighted by atomic mass is 9.83. The van der Waals surface area contributed by atoms with Crippen molar-refractivity contribution in [3.8, 4) is 0 Å². The first-order valence-corrected chi connectivity index (χ1v) is 18.6. The SMILES string of the molecule is COCCNC(=O)CCN1C(=O)CC(SCCC(=O)NCCCC[C@H](CC(=O)C(C)(C)NC(=O)[C@@H](N)Cc2cnc[nH]2)C(=O)C[C@@H](CO)C(N)=O)C1=O. The van der Waals surface area contributed by atoms with Gasteiger partial charge in [0.2, 0.25) is 35.4 Å². The molecule has 0 aromatic carbocycles. The van der Waals surface area contributed by atoms with Crippen molar-refractivity contribution < 1.29 is 48.2 Å². The molecule has 1 saturated heterocycles. The number of carbonyl (C=O) groups is 8. The average molecular weight is 767 g/mol. The van der Waals surface area contributed by atoms with Crippen LogP contribution in [0.5, 0.6) is 0 Å². The third-order valence-corrected chi connectivity index (χ3v) is 9.98. The number of unbranched alkanes of at least 4 members (excludes halogenated alkanes) is 1. The summed E-state index contributed by atoms with van der Waals surface area (Å²) < 4.78 is 4.87. The van der Waals surface area contributed by atoms with Crippen LogP contribution in [0.2, 0.25) is 0 Å². The van der Waals surface area contributed by atoms with Crippen LogP contribution in [0.3, 0.4) is 0 Å². The molecule has 9 N–H and O–H groups in total. The van der Waals surface area contributed by atoms with Crippen molar-refractivity contribution in [3.05, 3.63) is 18.2 Å². The van der Waals surface area contributed by atoms with Gasteiger partial charge in [-0.2, -0.15) is 0 Å². The summed E-state index contributed by atoms with van der Waals surface area (Å²) in [7, 11) is 1.51. The third-order valence-electron chi connectivity index (χ3n) is 8.76. The number of aliphatic hydroxyl groups is 1. The van der Waals surface area contributed by atoms with Gasteiger partial charge in [0.05, 0.1) is 42.3 Å². The molecular weight excluding hydrogens is 712 g/mol. The number of methoxy groups -OCH3 is 1. The van der Waals surface area contributed by atoms with E-state index in [0.717, 1.165) is 4.90 Å². The molecular formula is C34H54N8O10S. The van der Waals surface area contributed by atoms with Gasteiger partial charge in [0.15, 0.2) is 5.78 Å². The van der Waals surface area contributed by atoms with Gasteiger partial charge in [-0.25, -0.2) is 4.98 Å². The van der Waals surface area contributed by atoms with E-state index in [1.54, 1.807) is 0 Å². The summed E-state index contributed by atoms with van der Waals surface area (Å²) in [6, 6.07) is -0.961. The van der Waals surface area contributed by atoms with E-state index in [0.29, 0.717) is 37.4 Å². The van der Waals surface area contributed by atoms with Crippen molar-refractivity contribution in [1.29, 1.82) is 0 Å². The van der Waals surface area contributed by atoms with E-state index in [1.807, 2.05) is 0 Å². The highest BCUT2D eigenvalue weighted by atomic mass is 32.2. The van der Waals surface area contributed by atoms with Crippen molar-refractivity contribution in [2.75, 3.05) is 45.7 Å². The average Bonchev–Trinajstić information content (AvgIpc) is 3.71. The number of primary amides is 1. The Morgan fingerprint density at radius 2 is 1.77 bits per heavy atom. The number of likely N-dealkylation sites (tertiary alicyclic amines) is 1. The number of nitrogens with one attached hydrogen (secondary N) is 4. The minimum absolute atomic E-state index is 0.000368. The minimum Gasteiger partial charge on any atom is -0.396 e. The second-order valence-corrected chi connectivity index (χ2v) is 14.7. The first-order chi connectivity index (χ1) is 25.1. The van der Waals surface area contributed by atoms with Crippen LogP contribution in [0.1, 0.15) is 70.9 Å². The molecule has 1 aromatic heterocycles. The summed E-state index contributed by atoms with van der Waals surface area (Å²) in [6.45, 7) is 3.33. The zero-order valence-corrected chi connectivity index (χ0v) is 31.5. The van der Waals surface area contributed by atoms with Gasteiger partial charge in [-0.15, -0.1) is 11.8 Å². The predicted octanol–water partition coefficient (Wildman–Crippen LogP) is -1.51. The number of nitrogens with two attached hydrogens (primary N) is 2. The van der Waals surface area contributed by atoms with Crippen molar-refractivity contribution in [3.63, 3.8) is 0 Å². The predicted molar refractivity (Wildman–Crippen MR) is 194 cm³/mol. The number of amides is 6. The summed E-state index contributed by atoms with van der Waals surface area (Å²) in [5, 5.41) is 17.0. The number of thioether (sulfide) groups is 1. The monoisotopic (exact) mass is 766 g/mol. The number of ether oxygens (including phenoxy) is 1. The number of nitrogens with zero attached hydrogens (tertiary/aromatic N) is 2. The number of carbonyl (C=O) groups excluding carboxylic acids is 8. The van der Waals surface area contributed by atoms with Crippen molar-refractivity contribution in [1.82, 2.24) is 30.8 Å². The van der Waals surface area contributed by atoms with E-state index in [9.17, 15) is 43.5 Å². The van der Waals surface area contributed by atoms with E-state index < -0.39 is 58.7 Å². The second-order valence-electron chi connectivity index (χ2n) is 13.4. The first-order valence-electron chi connectivity index (χ1n) is 17.6. The summed E-state index contributed by atoms with van der Waals surface area (Å²) in [5.41, 5.74) is 10.6. The fraction of sp³-hybridized carbons (Fsp3) is 0.676. The number of ketones is 2. The number of aromatic amines is 1. The van der Waals surface area contributed by atoms with E-state index in [2.05, 4.69) is 25.9 Å². The summed E-state index contributed by atoms with van der Waals surface area (Å²) in [4.78, 5) is 108. The molecule has 0 aliphatic carbocycles. The van der Waals surface area contributed by atoms with Gasteiger partial charge in [0.25, 0.3) is 0 Å². The molecule has 19 heteroatoms. The molecule has 0 radical (unpaired) electrons. The Morgan fingerprint density at radius 3 is 2.42 bits per heavy atom. The van der Waals surface area contributed by atoms with E-state index >= 15 is 0 Å². The molecule has 296 valence electrons. The number of H-pyrrole nitrogens is 1. The zero-order valence-electron chi connectivity index (χ0n) is 30.6. The Bertz CT molecular complexity index is 1420. The molecule has 0 saturated carbocycles. The molecule has 1 unspecified atom stereocenters. The van der Waals surface area contributed by atoms with Crippen molar-refractivity contribution >= 4 is 58.8 Å². The molecule has 1 aromatic rings. The van der Waals surface area contributed by atoms with E-state index in [4.69, 9.17) is 16.2 Å². The minimum atomic E-state index is -1.37. The summed E-state index contributed by atoms with van der Waals surface area (Å²) >= 11 is 1.20. The molecule has 1 aliphatic heterocycles. The number of imide groups is 1. The third kappa shape index (κ3) is 15.7.